The Morgan fingerprint density at radius 3 is 0.985 bits per heavy atom. The van der Waals surface area contributed by atoms with Crippen LogP contribution in [0.4, 0.5) is 38.0 Å². The molecule has 0 bridgehead atoms. The fraction of sp³-hybridized carbons (Fsp3) is 0.674. The molecule has 0 heterocycles. The number of rotatable bonds is 33. The van der Waals surface area contributed by atoms with Crippen LogP contribution in [0.3, 0.4) is 0 Å². The van der Waals surface area contributed by atoms with Crippen molar-refractivity contribution in [3.63, 3.8) is 0 Å². The van der Waals surface area contributed by atoms with E-state index in [0.717, 1.165) is 114 Å². The van der Waals surface area contributed by atoms with Crippen LogP contribution in [0, 0.1) is 71.4 Å². The predicted octanol–water partition coefficient (Wildman–Crippen LogP) is 13.5. The standard InChI is InChI=1S/C32H52N6O8.3C15H23N3O3.C12H18N2O2.C3H5NO.FN.V/c1-9-37(20-39)26(41)35-23-13-22(3)25(31(6,7)15-23)17-33-28(43)45-11-12-46-29(44)34-19-32(8)16-24(14-30(4,5)18-32)36-27(42)38(10-2)21-40;1-5-18(11-20)13(21)16-9-15(4)7-12(17-10-19)6-14(2,3)8-15;2*1-5-18(11-20)13(21)17-12-6-14(2,3)8-15(4,7-12)9-16-10-19;1-11(2)4-10(14-9-16)5-12(3,6-11)7-13-8-15;1-2-4-3-5;1-2;/h9-10,20-25H,1-2,11-19H2,3-8H3,(H,33,43)(H,34,44)(H,35,41)(H,36,42);5,11-12H,1,6-9H2,2-4H3,(H,16,21);2*5,11-12H,1,6-9H2,2-4H3,(H,17,21);10H,4-7H2,1-3H3;2-3H,1H2,(H,4,5);;. The first-order chi connectivity index (χ1) is 62.0. The fourth-order valence-electron chi connectivity index (χ4n) is 21.0. The Morgan fingerprint density at radius 1 is 0.398 bits per heavy atom. The first kappa shape index (κ1) is 121. The molecule has 6 fully saturated rings. The third-order valence-corrected chi connectivity index (χ3v) is 23.9. The Morgan fingerprint density at radius 2 is 0.684 bits per heavy atom. The molecular formula is C92H144FN19O20V. The summed E-state index contributed by atoms with van der Waals surface area (Å²) in [6.07, 6.45) is 29.9. The van der Waals surface area contributed by atoms with Gasteiger partial charge in [-0.25, -0.2) is 107 Å². The summed E-state index contributed by atoms with van der Waals surface area (Å²) in [5.41, 5.74) is -1.08. The second-order valence-corrected chi connectivity index (χ2v) is 41.3. The van der Waals surface area contributed by atoms with E-state index < -0.39 is 42.3 Å². The number of nitrogens with zero attached hydrogens (tertiary/aromatic N) is 11. The van der Waals surface area contributed by atoms with Gasteiger partial charge in [0.2, 0.25) is 68.9 Å². The van der Waals surface area contributed by atoms with Gasteiger partial charge in [-0.3, -0.25) is 28.8 Å². The first-order valence-electron chi connectivity index (χ1n) is 43.6. The van der Waals surface area contributed by atoms with E-state index >= 15 is 0 Å². The van der Waals surface area contributed by atoms with Crippen molar-refractivity contribution in [3.05, 3.63) is 76.7 Å². The third kappa shape index (κ3) is 46.5. The molecule has 0 spiro atoms. The minimum absolute atomic E-state index is 0.00750. The van der Waals surface area contributed by atoms with Crippen LogP contribution in [0.1, 0.15) is 234 Å². The fourth-order valence-corrected chi connectivity index (χ4v) is 21.0. The Hall–Kier alpha value is -11.6. The van der Waals surface area contributed by atoms with Crippen molar-refractivity contribution in [2.45, 2.75) is 270 Å². The number of alkyl carbamates (subject to hydrolysis) is 2. The summed E-state index contributed by atoms with van der Waals surface area (Å²) in [6, 6.07) is -3.07. The Bertz CT molecular complexity index is 4100. The summed E-state index contributed by atoms with van der Waals surface area (Å²) in [5.74, 6) is 0.276. The molecule has 8 N–H and O–H groups in total. The van der Waals surface area contributed by atoms with Crippen LogP contribution in [0.15, 0.2) is 106 Å². The second-order valence-electron chi connectivity index (χ2n) is 41.1. The zero-order chi connectivity index (χ0) is 102. The molecule has 0 radical (unpaired) electrons. The van der Waals surface area contributed by atoms with Gasteiger partial charge in [0.15, 0.2) is 0 Å². The van der Waals surface area contributed by atoms with Crippen LogP contribution in [0.5, 0.6) is 0 Å². The van der Waals surface area contributed by atoms with Crippen molar-refractivity contribution in [3.8, 4) is 0 Å². The summed E-state index contributed by atoms with van der Waals surface area (Å²) in [4.78, 5) is 223. The van der Waals surface area contributed by atoms with Gasteiger partial charge >= 0.3 is 68.1 Å². The van der Waals surface area contributed by atoms with Crippen molar-refractivity contribution in [2.75, 3.05) is 52.5 Å². The van der Waals surface area contributed by atoms with Crippen LogP contribution in [0.25, 0.3) is 0 Å². The molecular weight excluding hydrogens is 1760 g/mol. The van der Waals surface area contributed by atoms with E-state index in [0.29, 0.717) is 116 Å². The summed E-state index contributed by atoms with van der Waals surface area (Å²) >= 11 is 1.42. The summed E-state index contributed by atoms with van der Waals surface area (Å²) < 4.78 is 22.2. The normalized spacial score (nSPS) is 26.1. The van der Waals surface area contributed by atoms with Crippen molar-refractivity contribution in [1.29, 1.82) is 0 Å². The zero-order valence-corrected chi connectivity index (χ0v) is 82.3. The van der Waals surface area contributed by atoms with Gasteiger partial charge in [-0.05, 0) is 187 Å². The minimum atomic E-state index is -0.642. The number of carbonyl (C=O) groups is 13. The molecule has 0 aromatic heterocycles. The van der Waals surface area contributed by atoms with E-state index in [1.165, 1.54) is 35.8 Å². The number of aliphatic imine (C=N–C) groups is 5. The van der Waals surface area contributed by atoms with E-state index in [1.54, 1.807) is 30.4 Å². The van der Waals surface area contributed by atoms with Crippen LogP contribution < -0.4 is 42.5 Å². The molecule has 0 aromatic rings. The monoisotopic (exact) mass is 1910 g/mol. The van der Waals surface area contributed by atoms with Gasteiger partial charge in [-0.15, -0.1) is 0 Å². The van der Waals surface area contributed by atoms with Gasteiger partial charge in [0.1, 0.15) is 13.2 Å². The van der Waals surface area contributed by atoms with Crippen LogP contribution in [-0.4, -0.2) is 224 Å². The van der Waals surface area contributed by atoms with E-state index in [2.05, 4.69) is 225 Å². The van der Waals surface area contributed by atoms with Crippen molar-refractivity contribution in [1.82, 2.24) is 67.0 Å². The number of nitrogens with one attached hydrogen (secondary N) is 8. The molecule has 13 atom stereocenters. The molecule has 739 valence electrons. The molecule has 6 saturated carbocycles. The molecule has 6 aliphatic carbocycles. The zero-order valence-electron chi connectivity index (χ0n) is 80.9. The van der Waals surface area contributed by atoms with Crippen molar-refractivity contribution < 1.29 is 117 Å². The number of halogens is 1. The second kappa shape index (κ2) is 57.7. The van der Waals surface area contributed by atoms with Gasteiger partial charge in [0.25, 0.3) is 0 Å². The van der Waals surface area contributed by atoms with Gasteiger partial charge < -0.3 is 52.0 Å². The quantitative estimate of drug-likeness (QED) is 0.0131. The number of amides is 18. The molecule has 133 heavy (non-hydrogen) atoms. The number of imide groups is 5. The van der Waals surface area contributed by atoms with E-state index in [9.17, 15) is 90.8 Å². The van der Waals surface area contributed by atoms with Gasteiger partial charge in [0, 0.05) is 74.8 Å². The Kier molecular flexibility index (Phi) is 52.7. The number of hydrogen-bond donors (Lipinski definition) is 8. The molecule has 0 aliphatic heterocycles. The first-order valence-corrected chi connectivity index (χ1v) is 44.2. The van der Waals surface area contributed by atoms with Gasteiger partial charge in [-0.1, -0.05) is 164 Å². The summed E-state index contributed by atoms with van der Waals surface area (Å²) in [6.45, 7) is 60.2. The predicted molar refractivity (Wildman–Crippen MR) is 492 cm³/mol. The van der Waals surface area contributed by atoms with Crippen LogP contribution in [0.2, 0.25) is 0 Å². The molecule has 0 saturated heterocycles. The molecule has 18 amide bonds. The molecule has 13 unspecified atom stereocenters. The Balaban J connectivity index is 0.00000170. The average Bonchev–Trinajstić information content (AvgIpc) is 0.624. The van der Waals surface area contributed by atoms with Gasteiger partial charge in [0.05, 0.1) is 31.7 Å². The number of hydrogen-bond acceptors (Lipinski definition) is 26. The molecule has 6 aliphatic rings. The van der Waals surface area contributed by atoms with Crippen LogP contribution in [-0.2, 0) is 79.4 Å². The average molecular weight is 1910 g/mol. The number of urea groups is 5. The van der Waals surface area contributed by atoms with E-state index in [-0.39, 0.29) is 121 Å². The Labute approximate surface area is 791 Å². The molecule has 6 rings (SSSR count). The molecule has 0 aromatic carbocycles. The number of carbonyl (C=O) groups excluding carboxylic acids is 18. The third-order valence-electron chi connectivity index (χ3n) is 23.9. The number of isocyanates is 5. The van der Waals surface area contributed by atoms with Gasteiger partial charge in [-0.2, -0.15) is 0 Å². The molecule has 41 heteroatoms. The topological polar surface area (TPSA) is 512 Å². The van der Waals surface area contributed by atoms with E-state index in [1.807, 2.05) is 10.9 Å². The van der Waals surface area contributed by atoms with Crippen LogP contribution >= 0.6 is 0 Å². The number of ether oxygens (including phenoxy) is 2. The molecule has 39 nitrogen and oxygen atoms in total. The van der Waals surface area contributed by atoms with Crippen molar-refractivity contribution >= 4 is 111 Å². The summed E-state index contributed by atoms with van der Waals surface area (Å²) in [7, 11) is 0. The maximum absolute atomic E-state index is 12.4. The maximum atomic E-state index is 12.4. The summed E-state index contributed by atoms with van der Waals surface area (Å²) in [5, 5.41) is 22.0. The SMILES string of the molecule is C=CN(C=O)C(=O)NC1CC(C)(C)CC(C)(CN=C=O)C1.C=CN(C=O)C(=O)NC1CC(C)(C)CC(C)(CN=C=O)C1.C=CN(C=O)C(=O)NC1CC(C)(C)CC(C)(CNC(=O)OCCOC(=O)NCC2C(C)CC(NC(=O)N(C=C)C=O)CC2(C)C)C1.C=CN(C=O)C(=O)NCC1(C)CC(N=C=O)CC(C)(C)C1.C=CNC=O.CC1(C)CC(N=C=O)CC(C)(CN=C=O)C1.F[N]=[V]. The van der Waals surface area contributed by atoms with E-state index in [4.69, 9.17) is 9.47 Å². The van der Waals surface area contributed by atoms with Crippen molar-refractivity contribution in [2.24, 2.45) is 100 Å².